The molecule has 3 atom stereocenters. The van der Waals surface area contributed by atoms with Crippen LogP contribution in [0.5, 0.6) is 0 Å². The molecular weight excluding hydrogens is 262 g/mol. The fourth-order valence-corrected chi connectivity index (χ4v) is 1.59. The number of nitrogen functional groups attached to an aromatic ring is 1. The number of aromatic amines is 1. The van der Waals surface area contributed by atoms with Crippen LogP contribution < -0.4 is 22.1 Å². The number of rotatable bonds is 2. The van der Waals surface area contributed by atoms with Gasteiger partial charge in [0.15, 0.2) is 10.8 Å². The predicted octanol–water partition coefficient (Wildman–Crippen LogP) is -2.86. The van der Waals surface area contributed by atoms with Crippen molar-refractivity contribution in [2.45, 2.75) is 25.2 Å². The molecule has 8 nitrogen and oxygen atoms in total. The Balaban J connectivity index is 0.00000162. The Morgan fingerprint density at radius 1 is 1.50 bits per heavy atom. The van der Waals surface area contributed by atoms with E-state index < -0.39 is 23.8 Å². The molecule has 1 aliphatic heterocycles. The molecule has 0 amide bonds. The maximum absolute atomic E-state index is 11.5. The van der Waals surface area contributed by atoms with Gasteiger partial charge in [0, 0.05) is 0 Å². The summed E-state index contributed by atoms with van der Waals surface area (Å²) < 4.78 is 0. The lowest BCUT2D eigenvalue weighted by atomic mass is 10.1. The summed E-state index contributed by atoms with van der Waals surface area (Å²) in [7, 11) is 0. The average Bonchev–Trinajstić information content (AvgIpc) is 2.27. The molecule has 0 bridgehead atoms. The maximum Gasteiger partial charge on any atom is 0.280 e. The molecule has 18 heavy (non-hydrogen) atoms. The van der Waals surface area contributed by atoms with E-state index in [1.165, 1.54) is 6.92 Å². The van der Waals surface area contributed by atoms with Crippen molar-refractivity contribution < 1.29 is 10.2 Å². The lowest BCUT2D eigenvalue weighted by molar-refractivity contribution is 0.0160. The van der Waals surface area contributed by atoms with Crippen LogP contribution in [0.3, 0.4) is 0 Å². The minimum absolute atomic E-state index is 0. The van der Waals surface area contributed by atoms with E-state index in [1.54, 1.807) is 0 Å². The van der Waals surface area contributed by atoms with E-state index in [1.807, 2.05) is 0 Å². The molecule has 0 saturated heterocycles. The first-order valence-corrected chi connectivity index (χ1v) is 5.13. The van der Waals surface area contributed by atoms with Crippen molar-refractivity contribution in [2.75, 3.05) is 12.3 Å². The molecule has 0 aliphatic carbocycles. The Hall–Kier alpha value is -1.51. The zero-order chi connectivity index (χ0) is 12.6. The van der Waals surface area contributed by atoms with Gasteiger partial charge in [-0.3, -0.25) is 19.8 Å². The van der Waals surface area contributed by atoms with E-state index in [4.69, 9.17) is 5.73 Å². The van der Waals surface area contributed by atoms with E-state index in [0.717, 1.165) is 0 Å². The zero-order valence-electron chi connectivity index (χ0n) is 9.57. The summed E-state index contributed by atoms with van der Waals surface area (Å²) in [6.07, 6.45) is -2.01. The van der Waals surface area contributed by atoms with Gasteiger partial charge in [0.25, 0.3) is 5.56 Å². The number of hydrogen-bond donors (Lipinski definition) is 4. The van der Waals surface area contributed by atoms with E-state index in [0.29, 0.717) is 0 Å². The molecule has 0 unspecified atom stereocenters. The van der Waals surface area contributed by atoms with Crippen LogP contribution in [0.2, 0.25) is 0 Å². The van der Waals surface area contributed by atoms with Crippen molar-refractivity contribution >= 4 is 18.4 Å². The molecule has 0 spiro atoms. The van der Waals surface area contributed by atoms with Crippen molar-refractivity contribution in [3.05, 3.63) is 21.2 Å². The van der Waals surface area contributed by atoms with Crippen LogP contribution in [0.25, 0.3) is 0 Å². The minimum atomic E-state index is -1.07. The van der Waals surface area contributed by atoms with Crippen molar-refractivity contribution in [3.63, 3.8) is 0 Å². The van der Waals surface area contributed by atoms with Gasteiger partial charge in [-0.15, -0.1) is 12.4 Å². The standard InChI is InChI=1S/C9H13N5O3.ClH/c1-3(15)6(16)4-2-11-7-5(12-4)8(17)14-9(10)13-7;/h3-4,6,15-16H,2H2,1H3,(H3,10,11,13,14,17);1H/t3-,4+,6-;/m0./s1. The van der Waals surface area contributed by atoms with Gasteiger partial charge >= 0.3 is 0 Å². The van der Waals surface area contributed by atoms with Crippen LogP contribution in [-0.4, -0.2) is 45.0 Å². The summed E-state index contributed by atoms with van der Waals surface area (Å²) in [5.74, 6) is -0.0257. The second-order valence-electron chi connectivity index (χ2n) is 3.89. The molecule has 1 aromatic rings. The number of anilines is 1. The van der Waals surface area contributed by atoms with Crippen molar-refractivity contribution in [1.29, 1.82) is 0 Å². The second kappa shape index (κ2) is 5.42. The first-order chi connectivity index (χ1) is 7.99. The van der Waals surface area contributed by atoms with Crippen LogP contribution >= 0.6 is 12.4 Å². The Labute approximate surface area is 108 Å². The SMILES string of the molecule is C[C@H](O)[C@H](O)[C@H]1CN=c2nc(N)[nH]c(=O)c2=N1.Cl. The molecule has 2 rings (SSSR count). The number of aliphatic hydroxyl groups excluding tert-OH is 2. The monoisotopic (exact) mass is 275 g/mol. The number of aromatic nitrogens is 2. The van der Waals surface area contributed by atoms with Crippen LogP contribution in [0.1, 0.15) is 6.92 Å². The van der Waals surface area contributed by atoms with Crippen molar-refractivity contribution in [3.8, 4) is 0 Å². The highest BCUT2D eigenvalue weighted by Gasteiger charge is 2.24. The van der Waals surface area contributed by atoms with E-state index in [9.17, 15) is 15.0 Å². The smallest absolute Gasteiger partial charge is 0.280 e. The minimum Gasteiger partial charge on any atom is -0.391 e. The van der Waals surface area contributed by atoms with Gasteiger partial charge in [0.05, 0.1) is 18.7 Å². The summed E-state index contributed by atoms with van der Waals surface area (Å²) in [5, 5.41) is 19.0. The van der Waals surface area contributed by atoms with E-state index >= 15 is 0 Å². The van der Waals surface area contributed by atoms with Crippen molar-refractivity contribution in [1.82, 2.24) is 9.97 Å². The molecule has 2 heterocycles. The number of fused-ring (bicyclic) bond motifs is 1. The van der Waals surface area contributed by atoms with Gasteiger partial charge in [0.1, 0.15) is 6.10 Å². The Morgan fingerprint density at radius 3 is 2.78 bits per heavy atom. The molecule has 1 aliphatic rings. The number of nitrogens with one attached hydrogen (secondary N) is 1. The quantitative estimate of drug-likeness (QED) is 0.460. The summed E-state index contributed by atoms with van der Waals surface area (Å²) in [5.41, 5.74) is 5.03. The number of H-pyrrole nitrogens is 1. The third-order valence-electron chi connectivity index (χ3n) is 2.51. The number of halogens is 1. The average molecular weight is 276 g/mol. The molecule has 0 radical (unpaired) electrons. The highest BCUT2D eigenvalue weighted by atomic mass is 35.5. The predicted molar refractivity (Wildman–Crippen MR) is 65.2 cm³/mol. The molecule has 1 aromatic heterocycles. The van der Waals surface area contributed by atoms with Gasteiger partial charge in [-0.05, 0) is 6.92 Å². The van der Waals surface area contributed by atoms with Gasteiger partial charge in [0.2, 0.25) is 5.95 Å². The van der Waals surface area contributed by atoms with Gasteiger partial charge in [-0.1, -0.05) is 0 Å². The Kier molecular flexibility index (Phi) is 4.38. The summed E-state index contributed by atoms with van der Waals surface area (Å²) in [4.78, 5) is 25.7. The molecule has 100 valence electrons. The highest BCUT2D eigenvalue weighted by molar-refractivity contribution is 5.85. The van der Waals surface area contributed by atoms with Crippen LogP contribution in [-0.2, 0) is 0 Å². The van der Waals surface area contributed by atoms with Crippen molar-refractivity contribution in [2.24, 2.45) is 9.98 Å². The summed E-state index contributed by atoms with van der Waals surface area (Å²) in [6, 6.07) is -0.644. The number of nitrogens with two attached hydrogens (primary N) is 1. The Bertz CT molecular complexity index is 599. The maximum atomic E-state index is 11.5. The molecule has 5 N–H and O–H groups in total. The molecule has 0 aromatic carbocycles. The molecule has 0 fully saturated rings. The van der Waals surface area contributed by atoms with Crippen LogP contribution in [0.4, 0.5) is 5.95 Å². The second-order valence-corrected chi connectivity index (χ2v) is 3.89. The largest absolute Gasteiger partial charge is 0.391 e. The number of aliphatic hydroxyl groups is 2. The fraction of sp³-hybridized carbons (Fsp3) is 0.556. The lowest BCUT2D eigenvalue weighted by Gasteiger charge is -2.21. The van der Waals surface area contributed by atoms with Crippen LogP contribution in [0, 0.1) is 0 Å². The topological polar surface area (TPSA) is 137 Å². The van der Waals surface area contributed by atoms with Gasteiger partial charge < -0.3 is 15.9 Å². The number of hydrogen-bond acceptors (Lipinski definition) is 7. The van der Waals surface area contributed by atoms with E-state index in [-0.39, 0.29) is 35.7 Å². The summed E-state index contributed by atoms with van der Waals surface area (Å²) in [6.45, 7) is 1.61. The van der Waals surface area contributed by atoms with E-state index in [2.05, 4.69) is 20.0 Å². The third-order valence-corrected chi connectivity index (χ3v) is 2.51. The third kappa shape index (κ3) is 2.66. The number of nitrogens with zero attached hydrogens (tertiary/aromatic N) is 3. The van der Waals surface area contributed by atoms with Gasteiger partial charge in [-0.25, -0.2) is 0 Å². The first kappa shape index (κ1) is 14.6. The molecular formula is C9H14ClN5O3. The zero-order valence-corrected chi connectivity index (χ0v) is 10.4. The highest BCUT2D eigenvalue weighted by Crippen LogP contribution is 2.04. The normalized spacial score (nSPS) is 20.7. The molecule has 0 saturated carbocycles. The van der Waals surface area contributed by atoms with Crippen LogP contribution in [0.15, 0.2) is 14.8 Å². The summed E-state index contributed by atoms with van der Waals surface area (Å²) >= 11 is 0. The van der Waals surface area contributed by atoms with Gasteiger partial charge in [-0.2, -0.15) is 4.98 Å². The molecule has 9 heteroatoms. The fourth-order valence-electron chi connectivity index (χ4n) is 1.59. The Morgan fingerprint density at radius 2 is 2.17 bits per heavy atom. The lowest BCUT2D eigenvalue weighted by Crippen LogP contribution is -2.50. The first-order valence-electron chi connectivity index (χ1n) is 5.13.